The summed E-state index contributed by atoms with van der Waals surface area (Å²) >= 11 is 6.01. The predicted octanol–water partition coefficient (Wildman–Crippen LogP) is 4.12. The van der Waals surface area contributed by atoms with Crippen LogP contribution in [0.25, 0.3) is 11.3 Å². The molecule has 134 valence electrons. The number of hydrogen-bond donors (Lipinski definition) is 3. The Kier molecular flexibility index (Phi) is 6.35. The van der Waals surface area contributed by atoms with Crippen molar-refractivity contribution in [1.82, 2.24) is 15.0 Å². The number of hydrogen-bond acceptors (Lipinski definition) is 6. The molecule has 0 bridgehead atoms. The Balaban J connectivity index is 1.73. The zero-order valence-corrected chi connectivity index (χ0v) is 14.9. The summed E-state index contributed by atoms with van der Waals surface area (Å²) in [5.41, 5.74) is 2.57. The van der Waals surface area contributed by atoms with Crippen LogP contribution in [-0.4, -0.2) is 33.2 Å². The number of aromatic nitrogens is 3. The van der Waals surface area contributed by atoms with Crippen LogP contribution in [0, 0.1) is 0 Å². The van der Waals surface area contributed by atoms with Gasteiger partial charge >= 0.3 is 0 Å². The van der Waals surface area contributed by atoms with Crippen molar-refractivity contribution in [1.29, 1.82) is 0 Å². The van der Waals surface area contributed by atoms with E-state index in [1.807, 2.05) is 42.5 Å². The van der Waals surface area contributed by atoms with E-state index in [0.717, 1.165) is 42.1 Å². The van der Waals surface area contributed by atoms with Gasteiger partial charge in [-0.15, -0.1) is 0 Å². The maximum Gasteiger partial charge on any atom is 0.227 e. The highest BCUT2D eigenvalue weighted by atomic mass is 35.5. The lowest BCUT2D eigenvalue weighted by atomic mass is 10.2. The minimum Gasteiger partial charge on any atom is -0.396 e. The normalized spacial score (nSPS) is 10.5. The summed E-state index contributed by atoms with van der Waals surface area (Å²) in [6.07, 6.45) is 5.13. The highest BCUT2D eigenvalue weighted by molar-refractivity contribution is 6.30. The summed E-state index contributed by atoms with van der Waals surface area (Å²) in [6, 6.07) is 13.1. The summed E-state index contributed by atoms with van der Waals surface area (Å²) in [5, 5.41) is 15.9. The predicted molar refractivity (Wildman–Crippen MR) is 105 cm³/mol. The number of benzene rings is 1. The number of aliphatic hydroxyl groups is 1. The Labute approximate surface area is 157 Å². The van der Waals surface area contributed by atoms with Crippen molar-refractivity contribution in [2.75, 3.05) is 23.8 Å². The van der Waals surface area contributed by atoms with Gasteiger partial charge in [0.15, 0.2) is 0 Å². The van der Waals surface area contributed by atoms with Crippen LogP contribution in [0.3, 0.4) is 0 Å². The fourth-order valence-electron chi connectivity index (χ4n) is 2.41. The second-order valence-corrected chi connectivity index (χ2v) is 6.12. The molecule has 0 atom stereocenters. The van der Waals surface area contributed by atoms with E-state index in [4.69, 9.17) is 16.7 Å². The molecule has 2 heterocycles. The van der Waals surface area contributed by atoms with Crippen LogP contribution in [0.1, 0.15) is 12.8 Å². The van der Waals surface area contributed by atoms with Gasteiger partial charge < -0.3 is 15.7 Å². The summed E-state index contributed by atoms with van der Waals surface area (Å²) in [7, 11) is 0. The van der Waals surface area contributed by atoms with Crippen molar-refractivity contribution >= 4 is 29.1 Å². The van der Waals surface area contributed by atoms with E-state index in [-0.39, 0.29) is 6.61 Å². The van der Waals surface area contributed by atoms with Gasteiger partial charge in [0.05, 0.1) is 5.69 Å². The third-order valence-corrected chi connectivity index (χ3v) is 3.92. The highest BCUT2D eigenvalue weighted by Gasteiger charge is 2.05. The van der Waals surface area contributed by atoms with Gasteiger partial charge in [0.1, 0.15) is 5.82 Å². The SMILES string of the molecule is OCCCCNc1cc(-c2ccnc(Nc3cccc(Cl)c3)n2)ccn1. The van der Waals surface area contributed by atoms with E-state index >= 15 is 0 Å². The molecule has 3 rings (SSSR count). The number of nitrogens with zero attached hydrogens (tertiary/aromatic N) is 3. The maximum absolute atomic E-state index is 8.83. The number of rotatable bonds is 8. The molecule has 0 radical (unpaired) electrons. The van der Waals surface area contributed by atoms with Gasteiger partial charge in [0, 0.05) is 41.8 Å². The van der Waals surface area contributed by atoms with E-state index in [9.17, 15) is 0 Å². The van der Waals surface area contributed by atoms with Gasteiger partial charge in [-0.05, 0) is 49.2 Å². The van der Waals surface area contributed by atoms with Crippen LogP contribution in [0.2, 0.25) is 5.02 Å². The molecule has 0 aliphatic carbocycles. The van der Waals surface area contributed by atoms with Gasteiger partial charge in [0.25, 0.3) is 0 Å². The first-order valence-corrected chi connectivity index (χ1v) is 8.79. The second kappa shape index (κ2) is 9.12. The number of halogens is 1. The van der Waals surface area contributed by atoms with Crippen molar-refractivity contribution in [2.24, 2.45) is 0 Å². The minimum absolute atomic E-state index is 0.207. The van der Waals surface area contributed by atoms with Gasteiger partial charge in [-0.2, -0.15) is 0 Å². The van der Waals surface area contributed by atoms with Crippen molar-refractivity contribution in [3.63, 3.8) is 0 Å². The molecule has 0 spiro atoms. The lowest BCUT2D eigenvalue weighted by Gasteiger charge is -2.09. The monoisotopic (exact) mass is 369 g/mol. The van der Waals surface area contributed by atoms with Crippen LogP contribution in [0.5, 0.6) is 0 Å². The van der Waals surface area contributed by atoms with Crippen molar-refractivity contribution in [3.05, 3.63) is 59.9 Å². The first-order chi connectivity index (χ1) is 12.7. The molecule has 26 heavy (non-hydrogen) atoms. The lowest BCUT2D eigenvalue weighted by molar-refractivity contribution is 0.286. The molecule has 3 aromatic rings. The molecular weight excluding hydrogens is 350 g/mol. The van der Waals surface area contributed by atoms with Crippen molar-refractivity contribution in [3.8, 4) is 11.3 Å². The number of unbranched alkanes of at least 4 members (excludes halogenated alkanes) is 1. The number of aliphatic hydroxyl groups excluding tert-OH is 1. The van der Waals surface area contributed by atoms with Gasteiger partial charge in [-0.1, -0.05) is 17.7 Å². The average molecular weight is 370 g/mol. The maximum atomic E-state index is 8.83. The van der Waals surface area contributed by atoms with E-state index in [2.05, 4.69) is 25.6 Å². The fourth-order valence-corrected chi connectivity index (χ4v) is 2.61. The van der Waals surface area contributed by atoms with E-state index in [0.29, 0.717) is 11.0 Å². The Morgan fingerprint density at radius 2 is 1.88 bits per heavy atom. The quantitative estimate of drug-likeness (QED) is 0.518. The second-order valence-electron chi connectivity index (χ2n) is 5.69. The Hall–Kier alpha value is -2.70. The van der Waals surface area contributed by atoms with Crippen LogP contribution in [0.15, 0.2) is 54.9 Å². The van der Waals surface area contributed by atoms with Crippen LogP contribution in [-0.2, 0) is 0 Å². The molecule has 0 fully saturated rings. The molecule has 0 saturated carbocycles. The molecule has 2 aromatic heterocycles. The largest absolute Gasteiger partial charge is 0.396 e. The molecule has 6 nitrogen and oxygen atoms in total. The molecule has 1 aromatic carbocycles. The van der Waals surface area contributed by atoms with E-state index < -0.39 is 0 Å². The summed E-state index contributed by atoms with van der Waals surface area (Å²) in [5.74, 6) is 1.28. The number of anilines is 3. The van der Waals surface area contributed by atoms with E-state index in [1.165, 1.54) is 0 Å². The topological polar surface area (TPSA) is 83.0 Å². The molecule has 3 N–H and O–H groups in total. The highest BCUT2D eigenvalue weighted by Crippen LogP contribution is 2.22. The fraction of sp³-hybridized carbons (Fsp3) is 0.211. The minimum atomic E-state index is 0.207. The first kappa shape index (κ1) is 18.1. The van der Waals surface area contributed by atoms with Gasteiger partial charge in [0.2, 0.25) is 5.95 Å². The molecule has 0 amide bonds. The zero-order valence-electron chi connectivity index (χ0n) is 14.2. The number of pyridine rings is 1. The van der Waals surface area contributed by atoms with Gasteiger partial charge in [-0.3, -0.25) is 0 Å². The number of nitrogens with one attached hydrogen (secondary N) is 2. The lowest BCUT2D eigenvalue weighted by Crippen LogP contribution is -2.04. The summed E-state index contributed by atoms with van der Waals surface area (Å²) < 4.78 is 0. The standard InChI is InChI=1S/C19H20ClN5O/c20-15-4-3-5-16(13-15)24-19-23-10-7-17(25-19)14-6-9-22-18(12-14)21-8-1-2-11-26/h3-7,9-10,12-13,26H,1-2,8,11H2,(H,21,22)(H,23,24,25). The Morgan fingerprint density at radius 1 is 1.00 bits per heavy atom. The van der Waals surface area contributed by atoms with Crippen LogP contribution >= 0.6 is 11.6 Å². The molecular formula is C19H20ClN5O. The third-order valence-electron chi connectivity index (χ3n) is 3.68. The van der Waals surface area contributed by atoms with Crippen molar-refractivity contribution in [2.45, 2.75) is 12.8 Å². The Bertz CT molecular complexity index is 859. The van der Waals surface area contributed by atoms with Crippen molar-refractivity contribution < 1.29 is 5.11 Å². The summed E-state index contributed by atoms with van der Waals surface area (Å²) in [4.78, 5) is 13.1. The summed E-state index contributed by atoms with van der Waals surface area (Å²) in [6.45, 7) is 0.973. The van der Waals surface area contributed by atoms with Gasteiger partial charge in [-0.25, -0.2) is 15.0 Å². The average Bonchev–Trinajstić information content (AvgIpc) is 2.66. The first-order valence-electron chi connectivity index (χ1n) is 8.41. The van der Waals surface area contributed by atoms with Crippen LogP contribution < -0.4 is 10.6 Å². The molecule has 0 aliphatic heterocycles. The van der Waals surface area contributed by atoms with Crippen LogP contribution in [0.4, 0.5) is 17.5 Å². The zero-order chi connectivity index (χ0) is 18.2. The third kappa shape index (κ3) is 5.15. The molecule has 0 unspecified atom stereocenters. The molecule has 7 heteroatoms. The molecule has 0 aliphatic rings. The smallest absolute Gasteiger partial charge is 0.227 e. The Morgan fingerprint density at radius 3 is 2.73 bits per heavy atom. The van der Waals surface area contributed by atoms with E-state index in [1.54, 1.807) is 12.4 Å². The molecule has 0 saturated heterocycles.